The van der Waals surface area contributed by atoms with Gasteiger partial charge in [0.25, 0.3) is 0 Å². The number of anilines is 1. The van der Waals surface area contributed by atoms with Crippen molar-refractivity contribution in [3.63, 3.8) is 0 Å². The number of aromatic nitrogens is 2. The number of carbonyl (C=O) groups is 1. The maximum absolute atomic E-state index is 10.9. The first kappa shape index (κ1) is 16.1. The van der Waals surface area contributed by atoms with E-state index in [1.54, 1.807) is 12.1 Å². The van der Waals surface area contributed by atoms with Gasteiger partial charge in [-0.3, -0.25) is 0 Å². The predicted molar refractivity (Wildman–Crippen MR) is 91.9 cm³/mol. The summed E-state index contributed by atoms with van der Waals surface area (Å²) in [6.45, 7) is 2.35. The van der Waals surface area contributed by atoms with E-state index in [-0.39, 0.29) is 11.3 Å². The SMILES string of the molecule is NCC1(c2noc(C3CCN(c4ccc(C(=O)O)cc4)CC3)n2)CC1. The molecule has 1 aromatic carbocycles. The normalized spacial score (nSPS) is 19.8. The molecule has 25 heavy (non-hydrogen) atoms. The van der Waals surface area contributed by atoms with E-state index in [2.05, 4.69) is 15.0 Å². The molecule has 0 spiro atoms. The van der Waals surface area contributed by atoms with Crippen LogP contribution in [0, 0.1) is 0 Å². The topological polar surface area (TPSA) is 105 Å². The van der Waals surface area contributed by atoms with Crippen LogP contribution in [0.2, 0.25) is 0 Å². The summed E-state index contributed by atoms with van der Waals surface area (Å²) in [5.74, 6) is 0.889. The van der Waals surface area contributed by atoms with Gasteiger partial charge >= 0.3 is 5.97 Å². The lowest BCUT2D eigenvalue weighted by molar-refractivity contribution is 0.0697. The minimum absolute atomic E-state index is 0.0334. The molecule has 2 aliphatic rings. The molecule has 2 fully saturated rings. The molecule has 4 rings (SSSR count). The fourth-order valence-electron chi connectivity index (χ4n) is 3.49. The highest BCUT2D eigenvalue weighted by molar-refractivity contribution is 5.88. The van der Waals surface area contributed by atoms with Crippen molar-refractivity contribution in [1.29, 1.82) is 0 Å². The first-order valence-electron chi connectivity index (χ1n) is 8.74. The number of hydrogen-bond acceptors (Lipinski definition) is 6. The summed E-state index contributed by atoms with van der Waals surface area (Å²) >= 11 is 0. The summed E-state index contributed by atoms with van der Waals surface area (Å²) in [6.07, 6.45) is 3.98. The summed E-state index contributed by atoms with van der Waals surface area (Å²) in [7, 11) is 0. The average Bonchev–Trinajstić information content (AvgIpc) is 3.30. The van der Waals surface area contributed by atoms with Crippen LogP contribution >= 0.6 is 0 Å². The maximum atomic E-state index is 10.9. The van der Waals surface area contributed by atoms with Crippen molar-refractivity contribution in [2.45, 2.75) is 37.0 Å². The highest BCUT2D eigenvalue weighted by Gasteiger charge is 2.47. The Labute approximate surface area is 145 Å². The summed E-state index contributed by atoms with van der Waals surface area (Å²) in [5.41, 5.74) is 7.16. The molecule has 7 nitrogen and oxygen atoms in total. The van der Waals surface area contributed by atoms with Crippen molar-refractivity contribution >= 4 is 11.7 Å². The third-order valence-electron chi connectivity index (χ3n) is 5.48. The van der Waals surface area contributed by atoms with E-state index in [1.807, 2.05) is 12.1 Å². The van der Waals surface area contributed by atoms with Gasteiger partial charge in [-0.25, -0.2) is 4.79 Å². The van der Waals surface area contributed by atoms with Gasteiger partial charge in [-0.1, -0.05) is 5.16 Å². The molecule has 0 amide bonds. The van der Waals surface area contributed by atoms with Gasteiger partial charge in [-0.15, -0.1) is 0 Å². The Balaban J connectivity index is 1.39. The second-order valence-electron chi connectivity index (χ2n) is 7.05. The molecular weight excluding hydrogens is 320 g/mol. The summed E-state index contributed by atoms with van der Waals surface area (Å²) in [4.78, 5) is 17.8. The van der Waals surface area contributed by atoms with Crippen LogP contribution in [0.5, 0.6) is 0 Å². The fourth-order valence-corrected chi connectivity index (χ4v) is 3.49. The first-order valence-corrected chi connectivity index (χ1v) is 8.74. The standard InChI is InChI=1S/C18H22N4O3/c19-11-18(7-8-18)17-20-15(25-21-17)12-5-9-22(10-6-12)14-3-1-13(2-4-14)16(23)24/h1-4,12H,5-11,19H2,(H,23,24). The van der Waals surface area contributed by atoms with Crippen LogP contribution in [0.25, 0.3) is 0 Å². The quantitative estimate of drug-likeness (QED) is 0.857. The number of nitrogens with two attached hydrogens (primary N) is 1. The molecule has 1 aliphatic carbocycles. The first-order chi connectivity index (χ1) is 12.1. The van der Waals surface area contributed by atoms with E-state index in [1.165, 1.54) is 0 Å². The van der Waals surface area contributed by atoms with Crippen molar-refractivity contribution < 1.29 is 14.4 Å². The zero-order chi connectivity index (χ0) is 17.4. The third kappa shape index (κ3) is 3.00. The van der Waals surface area contributed by atoms with Crippen LogP contribution in [-0.2, 0) is 5.41 Å². The molecule has 0 radical (unpaired) electrons. The monoisotopic (exact) mass is 342 g/mol. The van der Waals surface area contributed by atoms with Crippen LogP contribution in [0.15, 0.2) is 28.8 Å². The lowest BCUT2D eigenvalue weighted by Gasteiger charge is -2.32. The third-order valence-corrected chi connectivity index (χ3v) is 5.48. The largest absolute Gasteiger partial charge is 0.478 e. The van der Waals surface area contributed by atoms with Crippen molar-refractivity contribution in [3.8, 4) is 0 Å². The number of carboxylic acids is 1. The molecule has 0 bridgehead atoms. The molecular formula is C18H22N4O3. The van der Waals surface area contributed by atoms with Gasteiger partial charge in [0.2, 0.25) is 5.89 Å². The molecule has 1 saturated heterocycles. The second kappa shape index (κ2) is 6.15. The van der Waals surface area contributed by atoms with Gasteiger partial charge in [-0.05, 0) is 49.9 Å². The van der Waals surface area contributed by atoms with Crippen molar-refractivity contribution in [2.75, 3.05) is 24.5 Å². The van der Waals surface area contributed by atoms with Crippen LogP contribution in [0.1, 0.15) is 53.7 Å². The molecule has 132 valence electrons. The fraction of sp³-hybridized carbons (Fsp3) is 0.500. The highest BCUT2D eigenvalue weighted by atomic mass is 16.5. The van der Waals surface area contributed by atoms with Crippen LogP contribution in [-0.4, -0.2) is 40.9 Å². The number of aromatic carboxylic acids is 1. The van der Waals surface area contributed by atoms with E-state index in [0.717, 1.165) is 56.2 Å². The van der Waals surface area contributed by atoms with Gasteiger partial charge in [0.1, 0.15) is 0 Å². The summed E-state index contributed by atoms with van der Waals surface area (Å²) < 4.78 is 5.51. The smallest absolute Gasteiger partial charge is 0.335 e. The van der Waals surface area contributed by atoms with Gasteiger partial charge in [0, 0.05) is 36.7 Å². The zero-order valence-electron chi connectivity index (χ0n) is 14.0. The van der Waals surface area contributed by atoms with E-state index < -0.39 is 5.97 Å². The van der Waals surface area contributed by atoms with Crippen molar-refractivity contribution in [1.82, 2.24) is 10.1 Å². The second-order valence-corrected chi connectivity index (χ2v) is 7.05. The van der Waals surface area contributed by atoms with Crippen LogP contribution < -0.4 is 10.6 Å². The molecule has 7 heteroatoms. The van der Waals surface area contributed by atoms with E-state index in [0.29, 0.717) is 12.1 Å². The Morgan fingerprint density at radius 1 is 1.28 bits per heavy atom. The average molecular weight is 342 g/mol. The van der Waals surface area contributed by atoms with Gasteiger partial charge < -0.3 is 20.3 Å². The Bertz CT molecular complexity index is 759. The lowest BCUT2D eigenvalue weighted by Crippen LogP contribution is -2.33. The molecule has 2 aromatic rings. The minimum atomic E-state index is -0.900. The Hall–Kier alpha value is -2.41. The molecule has 1 saturated carbocycles. The Morgan fingerprint density at radius 2 is 1.96 bits per heavy atom. The van der Waals surface area contributed by atoms with Crippen molar-refractivity contribution in [3.05, 3.63) is 41.5 Å². The number of carboxylic acid groups (broad SMARTS) is 1. The molecule has 0 unspecified atom stereocenters. The molecule has 3 N–H and O–H groups in total. The number of benzene rings is 1. The summed E-state index contributed by atoms with van der Waals surface area (Å²) in [5, 5.41) is 13.1. The van der Waals surface area contributed by atoms with E-state index in [9.17, 15) is 4.79 Å². The maximum Gasteiger partial charge on any atom is 0.335 e. The van der Waals surface area contributed by atoms with Crippen molar-refractivity contribution in [2.24, 2.45) is 5.73 Å². The highest BCUT2D eigenvalue weighted by Crippen LogP contribution is 2.46. The minimum Gasteiger partial charge on any atom is -0.478 e. The lowest BCUT2D eigenvalue weighted by atomic mass is 9.96. The van der Waals surface area contributed by atoms with Gasteiger partial charge in [0.05, 0.1) is 5.56 Å². The Kier molecular flexibility index (Phi) is 3.95. The van der Waals surface area contributed by atoms with Gasteiger partial charge in [0.15, 0.2) is 5.82 Å². The van der Waals surface area contributed by atoms with Crippen LogP contribution in [0.3, 0.4) is 0 Å². The number of nitrogens with zero attached hydrogens (tertiary/aromatic N) is 3. The van der Waals surface area contributed by atoms with Crippen LogP contribution in [0.4, 0.5) is 5.69 Å². The zero-order valence-corrected chi connectivity index (χ0v) is 14.0. The van der Waals surface area contributed by atoms with E-state index >= 15 is 0 Å². The van der Waals surface area contributed by atoms with E-state index in [4.69, 9.17) is 15.4 Å². The number of rotatable bonds is 5. The number of hydrogen-bond donors (Lipinski definition) is 2. The molecule has 0 atom stereocenters. The molecule has 2 heterocycles. The summed E-state index contributed by atoms with van der Waals surface area (Å²) in [6, 6.07) is 7.03. The number of piperidine rings is 1. The predicted octanol–water partition coefficient (Wildman–Crippen LogP) is 2.14. The molecule has 1 aliphatic heterocycles. The van der Waals surface area contributed by atoms with Gasteiger partial charge in [-0.2, -0.15) is 4.98 Å². The Morgan fingerprint density at radius 3 is 2.52 bits per heavy atom. The molecule has 1 aromatic heterocycles.